The highest BCUT2D eigenvalue weighted by Gasteiger charge is 2.15. The minimum Gasteiger partial charge on any atom is -0.496 e. The molecule has 0 spiro atoms. The summed E-state index contributed by atoms with van der Waals surface area (Å²) in [5.74, 6) is 0.655. The summed E-state index contributed by atoms with van der Waals surface area (Å²) in [6.45, 7) is 0. The van der Waals surface area contributed by atoms with E-state index in [4.69, 9.17) is 16.3 Å². The molecule has 0 aliphatic carbocycles. The summed E-state index contributed by atoms with van der Waals surface area (Å²) in [6, 6.07) is 9.23. The number of benzene rings is 1. The molecule has 1 atom stereocenters. The molecule has 2 rings (SSSR count). The molecule has 18 heavy (non-hydrogen) atoms. The van der Waals surface area contributed by atoms with Gasteiger partial charge in [0, 0.05) is 21.9 Å². The minimum atomic E-state index is -0.621. The normalized spacial score (nSPS) is 12.4. The first-order chi connectivity index (χ1) is 8.60. The second kappa shape index (κ2) is 6.06. The lowest BCUT2D eigenvalue weighted by Gasteiger charge is -2.14. The van der Waals surface area contributed by atoms with Crippen LogP contribution in [0.2, 0.25) is 5.02 Å². The topological polar surface area (TPSA) is 29.5 Å². The first-order valence-corrected chi connectivity index (χ1v) is 7.34. The van der Waals surface area contributed by atoms with Gasteiger partial charge < -0.3 is 9.84 Å². The van der Waals surface area contributed by atoms with Crippen LogP contribution in [0.1, 0.15) is 16.5 Å². The van der Waals surface area contributed by atoms with E-state index in [1.54, 1.807) is 36.6 Å². The lowest BCUT2D eigenvalue weighted by molar-refractivity contribution is 0.175. The molecule has 1 N–H and O–H groups in total. The Bertz CT molecular complexity index is 542. The number of methoxy groups -OCH3 is 1. The van der Waals surface area contributed by atoms with Crippen molar-refractivity contribution in [1.29, 1.82) is 0 Å². The van der Waals surface area contributed by atoms with Gasteiger partial charge in [-0.25, -0.2) is 0 Å². The minimum absolute atomic E-state index is 0.549. The molecule has 0 saturated heterocycles. The van der Waals surface area contributed by atoms with Gasteiger partial charge in [0.15, 0.2) is 0 Å². The van der Waals surface area contributed by atoms with Gasteiger partial charge in [0.1, 0.15) is 5.75 Å². The molecule has 1 aromatic carbocycles. The predicted octanol–water partition coefficient (Wildman–Crippen LogP) is 4.45. The van der Waals surface area contributed by atoms with Crippen molar-refractivity contribution in [1.82, 2.24) is 0 Å². The van der Waals surface area contributed by atoms with Crippen LogP contribution in [-0.4, -0.2) is 12.2 Å². The average molecular weight is 348 g/mol. The molecule has 0 aliphatic heterocycles. The molecule has 0 amide bonds. The number of hydrogen-bond acceptors (Lipinski definition) is 3. The van der Waals surface area contributed by atoms with E-state index in [1.807, 2.05) is 12.1 Å². The van der Waals surface area contributed by atoms with E-state index in [0.717, 1.165) is 14.2 Å². The van der Waals surface area contributed by atoms with Gasteiger partial charge >= 0.3 is 0 Å². The Kier molecular flexibility index (Phi) is 4.67. The van der Waals surface area contributed by atoms with Gasteiger partial charge in [-0.05, 0) is 46.3 Å². The van der Waals surface area contributed by atoms with Crippen LogP contribution in [0.15, 0.2) is 34.1 Å². The lowest BCUT2D eigenvalue weighted by atomic mass is 10.0. The lowest BCUT2D eigenvalue weighted by Crippen LogP contribution is -2.03. The number of hydrogen-bond donors (Lipinski definition) is 1. The fraction of sp³-hybridized carbons (Fsp3) is 0.231. The molecule has 1 unspecified atom stereocenters. The smallest absolute Gasteiger partial charge is 0.124 e. The van der Waals surface area contributed by atoms with E-state index in [2.05, 4.69) is 15.9 Å². The Morgan fingerprint density at radius 1 is 1.39 bits per heavy atom. The molecule has 2 aromatic rings. The van der Waals surface area contributed by atoms with Gasteiger partial charge in [0.2, 0.25) is 0 Å². The van der Waals surface area contributed by atoms with E-state index < -0.39 is 6.10 Å². The Balaban J connectivity index is 2.22. The van der Waals surface area contributed by atoms with Crippen molar-refractivity contribution in [2.24, 2.45) is 0 Å². The zero-order chi connectivity index (χ0) is 13.1. The first kappa shape index (κ1) is 13.9. The number of ether oxygens (including phenoxy) is 1. The summed E-state index contributed by atoms with van der Waals surface area (Å²) in [5.41, 5.74) is 0.717. The predicted molar refractivity (Wildman–Crippen MR) is 78.7 cm³/mol. The maximum atomic E-state index is 10.3. The molecule has 0 bridgehead atoms. The molecular formula is C13H12BrClO2S. The molecule has 0 fully saturated rings. The van der Waals surface area contributed by atoms with E-state index in [9.17, 15) is 5.11 Å². The van der Waals surface area contributed by atoms with Crippen molar-refractivity contribution >= 4 is 38.9 Å². The van der Waals surface area contributed by atoms with E-state index in [-0.39, 0.29) is 0 Å². The van der Waals surface area contributed by atoms with Crippen LogP contribution in [0.4, 0.5) is 0 Å². The van der Waals surface area contributed by atoms with Crippen LogP contribution in [0.5, 0.6) is 5.75 Å². The van der Waals surface area contributed by atoms with Gasteiger partial charge in [-0.2, -0.15) is 0 Å². The Hall–Kier alpha value is -0.550. The highest BCUT2D eigenvalue weighted by Crippen LogP contribution is 2.32. The number of halogens is 2. The van der Waals surface area contributed by atoms with E-state index in [0.29, 0.717) is 17.2 Å². The van der Waals surface area contributed by atoms with Crippen LogP contribution in [-0.2, 0) is 6.42 Å². The third-order valence-corrected chi connectivity index (χ3v) is 4.46. The van der Waals surface area contributed by atoms with Crippen LogP contribution in [0.3, 0.4) is 0 Å². The van der Waals surface area contributed by atoms with Crippen molar-refractivity contribution in [3.05, 3.63) is 49.6 Å². The maximum absolute atomic E-state index is 10.3. The molecule has 2 nitrogen and oxygen atoms in total. The van der Waals surface area contributed by atoms with Crippen molar-refractivity contribution in [2.75, 3.05) is 7.11 Å². The standard InChI is InChI=1S/C13H12BrClO2S/c1-17-12-4-2-8(15)6-10(12)11(16)7-9-3-5-13(14)18-9/h2-6,11,16H,7H2,1H3. The fourth-order valence-corrected chi connectivity index (χ4v) is 3.43. The third-order valence-electron chi connectivity index (χ3n) is 2.57. The fourth-order valence-electron chi connectivity index (χ4n) is 1.73. The highest BCUT2D eigenvalue weighted by molar-refractivity contribution is 9.11. The van der Waals surface area contributed by atoms with Gasteiger partial charge in [-0.3, -0.25) is 0 Å². The summed E-state index contributed by atoms with van der Waals surface area (Å²) < 4.78 is 6.30. The van der Waals surface area contributed by atoms with E-state index in [1.165, 1.54) is 0 Å². The van der Waals surface area contributed by atoms with Crippen LogP contribution < -0.4 is 4.74 Å². The summed E-state index contributed by atoms with van der Waals surface area (Å²) in [7, 11) is 1.58. The molecule has 0 saturated carbocycles. The molecular weight excluding hydrogens is 336 g/mol. The number of aliphatic hydroxyl groups excluding tert-OH is 1. The van der Waals surface area contributed by atoms with Gasteiger partial charge in [0.05, 0.1) is 17.0 Å². The second-order valence-electron chi connectivity index (χ2n) is 3.81. The van der Waals surface area contributed by atoms with Crippen LogP contribution in [0.25, 0.3) is 0 Å². The quantitative estimate of drug-likeness (QED) is 0.885. The van der Waals surface area contributed by atoms with Gasteiger partial charge in [0.25, 0.3) is 0 Å². The number of thiophene rings is 1. The van der Waals surface area contributed by atoms with Crippen molar-refractivity contribution < 1.29 is 9.84 Å². The third kappa shape index (κ3) is 3.26. The largest absolute Gasteiger partial charge is 0.496 e. The van der Waals surface area contributed by atoms with Crippen molar-refractivity contribution in [3.63, 3.8) is 0 Å². The first-order valence-electron chi connectivity index (χ1n) is 5.36. The monoisotopic (exact) mass is 346 g/mol. The van der Waals surface area contributed by atoms with Gasteiger partial charge in [-0.1, -0.05) is 11.6 Å². The number of rotatable bonds is 4. The van der Waals surface area contributed by atoms with Crippen molar-refractivity contribution in [2.45, 2.75) is 12.5 Å². The molecule has 5 heteroatoms. The zero-order valence-corrected chi connectivity index (χ0v) is 12.8. The Morgan fingerprint density at radius 3 is 2.78 bits per heavy atom. The second-order valence-corrected chi connectivity index (χ2v) is 6.80. The molecule has 0 radical (unpaired) electrons. The summed E-state index contributed by atoms with van der Waals surface area (Å²) in [6.07, 6.45) is -0.0725. The van der Waals surface area contributed by atoms with E-state index >= 15 is 0 Å². The Labute approximate surface area is 123 Å². The molecule has 1 heterocycles. The maximum Gasteiger partial charge on any atom is 0.124 e. The van der Waals surface area contributed by atoms with Crippen LogP contribution in [0, 0.1) is 0 Å². The molecule has 96 valence electrons. The Morgan fingerprint density at radius 2 is 2.17 bits per heavy atom. The summed E-state index contributed by atoms with van der Waals surface area (Å²) in [5, 5.41) is 10.9. The van der Waals surface area contributed by atoms with Crippen molar-refractivity contribution in [3.8, 4) is 5.75 Å². The van der Waals surface area contributed by atoms with Gasteiger partial charge in [-0.15, -0.1) is 11.3 Å². The molecule has 0 aliphatic rings. The summed E-state index contributed by atoms with van der Waals surface area (Å²) >= 11 is 11.0. The zero-order valence-electron chi connectivity index (χ0n) is 9.69. The molecule has 1 aromatic heterocycles. The summed E-state index contributed by atoms with van der Waals surface area (Å²) in [4.78, 5) is 1.11. The average Bonchev–Trinajstić information content (AvgIpc) is 2.74. The number of aliphatic hydroxyl groups is 1. The highest BCUT2D eigenvalue weighted by atomic mass is 79.9. The SMILES string of the molecule is COc1ccc(Cl)cc1C(O)Cc1ccc(Br)s1. The van der Waals surface area contributed by atoms with Crippen LogP contribution >= 0.6 is 38.9 Å².